The second-order valence-corrected chi connectivity index (χ2v) is 9.16. The molecule has 0 aromatic heterocycles. The fourth-order valence-electron chi connectivity index (χ4n) is 3.86. The molecule has 0 bridgehead atoms. The van der Waals surface area contributed by atoms with E-state index in [2.05, 4.69) is 24.5 Å². The van der Waals surface area contributed by atoms with Gasteiger partial charge in [0.25, 0.3) is 5.91 Å². The first kappa shape index (κ1) is 20.9. The molecular formula is C23H26FN3O2S. The molecule has 4 rings (SSSR count). The van der Waals surface area contributed by atoms with Gasteiger partial charge in [0.1, 0.15) is 17.1 Å². The van der Waals surface area contributed by atoms with E-state index in [1.54, 1.807) is 24.3 Å². The molecule has 1 amide bonds. The first-order chi connectivity index (χ1) is 14.5. The molecule has 2 N–H and O–H groups in total. The fourth-order valence-corrected chi connectivity index (χ4v) is 5.00. The van der Waals surface area contributed by atoms with Crippen LogP contribution in [0.3, 0.4) is 0 Å². The molecule has 0 radical (unpaired) electrons. The molecular weight excluding hydrogens is 401 g/mol. The van der Waals surface area contributed by atoms with Crippen LogP contribution in [0.2, 0.25) is 0 Å². The number of benzene rings is 2. The molecule has 0 aliphatic carbocycles. The molecule has 2 aliphatic heterocycles. The molecule has 2 atom stereocenters. The van der Waals surface area contributed by atoms with Gasteiger partial charge in [-0.2, -0.15) is 0 Å². The number of carbonyl (C=O) groups excluding carboxylic acids is 1. The van der Waals surface area contributed by atoms with E-state index in [4.69, 9.17) is 9.73 Å². The summed E-state index contributed by atoms with van der Waals surface area (Å²) < 4.78 is 20.8. The van der Waals surface area contributed by atoms with Crippen molar-refractivity contribution >= 4 is 22.8 Å². The number of ether oxygens (including phenoxy) is 1. The molecule has 2 unspecified atom stereocenters. The van der Waals surface area contributed by atoms with Crippen molar-refractivity contribution in [3.8, 4) is 5.75 Å². The summed E-state index contributed by atoms with van der Waals surface area (Å²) in [7, 11) is 0. The first-order valence-corrected chi connectivity index (χ1v) is 11.2. The van der Waals surface area contributed by atoms with Gasteiger partial charge < -0.3 is 15.4 Å². The second-order valence-electron chi connectivity index (χ2n) is 8.15. The maximum absolute atomic E-state index is 15.0. The Morgan fingerprint density at radius 3 is 2.90 bits per heavy atom. The number of hydrogen-bond donors (Lipinski definition) is 2. The molecule has 2 aromatic carbocycles. The summed E-state index contributed by atoms with van der Waals surface area (Å²) in [5.41, 5.74) is 0.327. The molecule has 0 spiro atoms. The molecule has 7 heteroatoms. The van der Waals surface area contributed by atoms with Gasteiger partial charge in [0.2, 0.25) is 0 Å². The summed E-state index contributed by atoms with van der Waals surface area (Å²) in [5, 5.41) is 6.80. The highest BCUT2D eigenvalue weighted by molar-refractivity contribution is 8.13. The van der Waals surface area contributed by atoms with E-state index < -0.39 is 5.54 Å². The van der Waals surface area contributed by atoms with Crippen LogP contribution in [0.4, 0.5) is 4.39 Å². The van der Waals surface area contributed by atoms with Crippen molar-refractivity contribution in [1.29, 1.82) is 0 Å². The fraction of sp³-hybridized carbons (Fsp3) is 0.391. The number of amides is 1. The number of thioether (sulfide) groups is 1. The predicted octanol–water partition coefficient (Wildman–Crippen LogP) is 3.81. The van der Waals surface area contributed by atoms with Gasteiger partial charge in [0, 0.05) is 35.9 Å². The number of amidine groups is 1. The Morgan fingerprint density at radius 2 is 2.13 bits per heavy atom. The van der Waals surface area contributed by atoms with Crippen LogP contribution in [0, 0.1) is 17.7 Å². The van der Waals surface area contributed by atoms with Gasteiger partial charge in [-0.15, -0.1) is 0 Å². The predicted molar refractivity (Wildman–Crippen MR) is 119 cm³/mol. The zero-order valence-corrected chi connectivity index (χ0v) is 18.0. The van der Waals surface area contributed by atoms with E-state index in [0.29, 0.717) is 41.1 Å². The van der Waals surface area contributed by atoms with Gasteiger partial charge >= 0.3 is 0 Å². The molecule has 1 fully saturated rings. The number of rotatable bonds is 5. The normalized spacial score (nSPS) is 23.1. The Labute approximate surface area is 180 Å². The summed E-state index contributed by atoms with van der Waals surface area (Å²) in [6, 6.07) is 13.9. The van der Waals surface area contributed by atoms with Gasteiger partial charge in [-0.3, -0.25) is 4.79 Å². The number of halogens is 1. The van der Waals surface area contributed by atoms with E-state index in [-0.39, 0.29) is 17.6 Å². The van der Waals surface area contributed by atoms with Crippen molar-refractivity contribution in [3.63, 3.8) is 0 Å². The maximum Gasteiger partial charge on any atom is 0.257 e. The minimum atomic E-state index is -0.758. The lowest BCUT2D eigenvalue weighted by molar-refractivity contribution is 0.0977. The number of nitrogens with zero attached hydrogens (tertiary/aromatic N) is 1. The zero-order chi connectivity index (χ0) is 21.1. The third-order valence-electron chi connectivity index (χ3n) is 5.43. The van der Waals surface area contributed by atoms with Crippen molar-refractivity contribution in [1.82, 2.24) is 10.6 Å². The molecule has 158 valence electrons. The standard InChI is InChI=1S/C23H26FN3O2S/c1-15(2)12-29-18-8-9-20(24)19(10-18)23-14-25-11-17(23)13-30-22(27-23)26-21(28)16-6-4-3-5-7-16/h3-10,15,17,25H,11-14H2,1-2H3,(H,26,27,28). The first-order valence-electron chi connectivity index (χ1n) is 10.2. The number of hydrogen-bond acceptors (Lipinski definition) is 5. The maximum atomic E-state index is 15.0. The topological polar surface area (TPSA) is 62.7 Å². The molecule has 2 aromatic rings. The zero-order valence-electron chi connectivity index (χ0n) is 17.2. The summed E-state index contributed by atoms with van der Waals surface area (Å²) in [6.45, 7) is 5.99. The van der Waals surface area contributed by atoms with Crippen LogP contribution >= 0.6 is 11.8 Å². The Morgan fingerprint density at radius 1 is 1.33 bits per heavy atom. The number of nitrogens with one attached hydrogen (secondary N) is 2. The Hall–Kier alpha value is -2.38. The largest absolute Gasteiger partial charge is 0.493 e. The smallest absolute Gasteiger partial charge is 0.257 e. The minimum Gasteiger partial charge on any atom is -0.493 e. The van der Waals surface area contributed by atoms with Gasteiger partial charge in [-0.25, -0.2) is 9.38 Å². The van der Waals surface area contributed by atoms with Crippen LogP contribution in [0.25, 0.3) is 0 Å². The molecule has 2 heterocycles. The number of fused-ring (bicyclic) bond motifs is 1. The lowest BCUT2D eigenvalue weighted by atomic mass is 9.81. The third kappa shape index (κ3) is 4.23. The van der Waals surface area contributed by atoms with Crippen LogP contribution < -0.4 is 15.4 Å². The van der Waals surface area contributed by atoms with Crippen LogP contribution in [-0.4, -0.2) is 36.5 Å². The van der Waals surface area contributed by atoms with Crippen molar-refractivity contribution in [2.24, 2.45) is 16.8 Å². The highest BCUT2D eigenvalue weighted by Gasteiger charge is 2.48. The summed E-state index contributed by atoms with van der Waals surface area (Å²) in [6.07, 6.45) is 0. The summed E-state index contributed by atoms with van der Waals surface area (Å²) >= 11 is 1.50. The Bertz CT molecular complexity index is 951. The molecule has 5 nitrogen and oxygen atoms in total. The molecule has 30 heavy (non-hydrogen) atoms. The highest BCUT2D eigenvalue weighted by atomic mass is 32.2. The van der Waals surface area contributed by atoms with Gasteiger partial charge in [0.05, 0.1) is 6.61 Å². The lowest BCUT2D eigenvalue weighted by Crippen LogP contribution is -2.43. The average molecular weight is 428 g/mol. The van der Waals surface area contributed by atoms with Crippen LogP contribution in [0.5, 0.6) is 5.75 Å². The van der Waals surface area contributed by atoms with E-state index in [9.17, 15) is 9.18 Å². The minimum absolute atomic E-state index is 0.134. The Kier molecular flexibility index (Phi) is 6.11. The van der Waals surface area contributed by atoms with Gasteiger partial charge in [-0.05, 0) is 36.2 Å². The quantitative estimate of drug-likeness (QED) is 0.762. The summed E-state index contributed by atoms with van der Waals surface area (Å²) in [4.78, 5) is 17.5. The molecule has 1 saturated heterocycles. The van der Waals surface area contributed by atoms with E-state index in [1.807, 2.05) is 18.2 Å². The average Bonchev–Trinajstić information content (AvgIpc) is 3.17. The van der Waals surface area contributed by atoms with Gasteiger partial charge in [0.15, 0.2) is 5.17 Å². The van der Waals surface area contributed by atoms with Crippen molar-refractivity contribution < 1.29 is 13.9 Å². The monoisotopic (exact) mass is 427 g/mol. The van der Waals surface area contributed by atoms with Crippen molar-refractivity contribution in [3.05, 3.63) is 65.5 Å². The SMILES string of the molecule is CC(C)COc1ccc(F)c(C23CNCC2CSC(NC(=O)c2ccccc2)=N3)c1. The van der Waals surface area contributed by atoms with E-state index >= 15 is 0 Å². The molecule has 2 aliphatic rings. The number of aliphatic imine (C=N–C) groups is 1. The van der Waals surface area contributed by atoms with Crippen LogP contribution in [0.1, 0.15) is 29.8 Å². The highest BCUT2D eigenvalue weighted by Crippen LogP contribution is 2.44. The summed E-state index contributed by atoms with van der Waals surface area (Å²) in [5.74, 6) is 1.39. The van der Waals surface area contributed by atoms with Crippen LogP contribution in [-0.2, 0) is 5.54 Å². The van der Waals surface area contributed by atoms with Crippen molar-refractivity contribution in [2.75, 3.05) is 25.4 Å². The molecule has 0 saturated carbocycles. The van der Waals surface area contributed by atoms with Crippen LogP contribution in [0.15, 0.2) is 53.5 Å². The van der Waals surface area contributed by atoms with E-state index in [0.717, 1.165) is 12.3 Å². The Balaban J connectivity index is 1.65. The van der Waals surface area contributed by atoms with Crippen molar-refractivity contribution in [2.45, 2.75) is 19.4 Å². The second kappa shape index (κ2) is 8.78. The third-order valence-corrected chi connectivity index (χ3v) is 6.46. The number of carbonyl (C=O) groups is 1. The van der Waals surface area contributed by atoms with E-state index in [1.165, 1.54) is 17.8 Å². The lowest BCUT2D eigenvalue weighted by Gasteiger charge is -2.36. The van der Waals surface area contributed by atoms with Gasteiger partial charge in [-0.1, -0.05) is 43.8 Å².